The molecule has 1 aliphatic carbocycles. The van der Waals surface area contributed by atoms with Crippen LogP contribution in [0, 0.1) is 5.92 Å². The molecule has 5 heteroatoms. The highest BCUT2D eigenvalue weighted by molar-refractivity contribution is 9.10. The molecule has 0 aromatic rings. The quantitative estimate of drug-likeness (QED) is 0.697. The van der Waals surface area contributed by atoms with E-state index in [-0.39, 0.29) is 4.66 Å². The van der Waals surface area contributed by atoms with Crippen molar-refractivity contribution in [1.29, 1.82) is 0 Å². The third kappa shape index (κ3) is 2.71. The maximum atomic E-state index is 11.4. The Labute approximate surface area is 82.3 Å². The van der Waals surface area contributed by atoms with Gasteiger partial charge in [-0.15, -0.1) is 0 Å². The number of rotatable bonds is 5. The van der Waals surface area contributed by atoms with Gasteiger partial charge in [-0.05, 0) is 18.8 Å². The van der Waals surface area contributed by atoms with E-state index in [0.29, 0.717) is 19.0 Å². The molecule has 3 nitrogen and oxygen atoms in total. The summed E-state index contributed by atoms with van der Waals surface area (Å²) in [4.78, 5) is 0. The van der Waals surface area contributed by atoms with Gasteiger partial charge in [-0.25, -0.2) is 12.7 Å². The first-order chi connectivity index (χ1) is 5.60. The first-order valence-electron chi connectivity index (χ1n) is 4.14. The van der Waals surface area contributed by atoms with Crippen LogP contribution in [0.25, 0.3) is 0 Å². The van der Waals surface area contributed by atoms with Crippen molar-refractivity contribution in [1.82, 2.24) is 4.31 Å². The van der Waals surface area contributed by atoms with Gasteiger partial charge >= 0.3 is 0 Å². The van der Waals surface area contributed by atoms with Gasteiger partial charge in [0.25, 0.3) is 0 Å². The predicted octanol–water partition coefficient (Wildman–Crippen LogP) is 1.40. The van der Waals surface area contributed by atoms with Crippen molar-refractivity contribution in [2.45, 2.75) is 19.8 Å². The Morgan fingerprint density at radius 1 is 1.50 bits per heavy atom. The van der Waals surface area contributed by atoms with E-state index in [0.717, 1.165) is 0 Å². The second-order valence-electron chi connectivity index (χ2n) is 3.12. The van der Waals surface area contributed by atoms with Gasteiger partial charge in [-0.1, -0.05) is 22.9 Å². The topological polar surface area (TPSA) is 37.4 Å². The van der Waals surface area contributed by atoms with E-state index in [1.165, 1.54) is 12.8 Å². The van der Waals surface area contributed by atoms with Crippen LogP contribution in [0.2, 0.25) is 0 Å². The fourth-order valence-electron chi connectivity index (χ4n) is 1.10. The monoisotopic (exact) mass is 255 g/mol. The Balaban J connectivity index is 2.53. The summed E-state index contributed by atoms with van der Waals surface area (Å²) in [5, 5.41) is 0. The fraction of sp³-hybridized carbons (Fsp3) is 1.00. The largest absolute Gasteiger partial charge is 0.224 e. The van der Waals surface area contributed by atoms with E-state index >= 15 is 0 Å². The van der Waals surface area contributed by atoms with Crippen molar-refractivity contribution in [3.8, 4) is 0 Å². The minimum Gasteiger partial charge on any atom is -0.211 e. The Hall–Kier alpha value is 0.390. The SMILES string of the molecule is CCN(CC1CC1)S(=O)(=O)CBr. The molecule has 0 N–H and O–H groups in total. The molecule has 0 heterocycles. The number of hydrogen-bond donors (Lipinski definition) is 0. The lowest BCUT2D eigenvalue weighted by Gasteiger charge is -2.18. The van der Waals surface area contributed by atoms with E-state index in [4.69, 9.17) is 0 Å². The summed E-state index contributed by atoms with van der Waals surface area (Å²) in [6.07, 6.45) is 2.38. The molecular weight excluding hydrogens is 242 g/mol. The van der Waals surface area contributed by atoms with Crippen molar-refractivity contribution < 1.29 is 8.42 Å². The van der Waals surface area contributed by atoms with Crippen LogP contribution >= 0.6 is 15.9 Å². The molecule has 72 valence electrons. The zero-order chi connectivity index (χ0) is 9.19. The lowest BCUT2D eigenvalue weighted by molar-refractivity contribution is 0.415. The van der Waals surface area contributed by atoms with Crippen molar-refractivity contribution >= 4 is 26.0 Å². The number of halogens is 1. The molecule has 0 bridgehead atoms. The maximum Gasteiger partial charge on any atom is 0.224 e. The summed E-state index contributed by atoms with van der Waals surface area (Å²) in [5.74, 6) is 0.624. The summed E-state index contributed by atoms with van der Waals surface area (Å²) >= 11 is 2.99. The number of alkyl halides is 1. The van der Waals surface area contributed by atoms with Crippen molar-refractivity contribution in [3.05, 3.63) is 0 Å². The molecule has 0 aliphatic heterocycles. The van der Waals surface area contributed by atoms with Crippen LogP contribution in [-0.4, -0.2) is 30.5 Å². The van der Waals surface area contributed by atoms with Gasteiger partial charge < -0.3 is 0 Å². The molecule has 1 saturated carbocycles. The van der Waals surface area contributed by atoms with Crippen LogP contribution < -0.4 is 0 Å². The fourth-order valence-corrected chi connectivity index (χ4v) is 2.93. The first kappa shape index (κ1) is 10.5. The highest BCUT2D eigenvalue weighted by atomic mass is 79.9. The average Bonchev–Trinajstić information content (AvgIpc) is 2.83. The van der Waals surface area contributed by atoms with Crippen LogP contribution in [0.15, 0.2) is 0 Å². The van der Waals surface area contributed by atoms with Crippen LogP contribution in [0.3, 0.4) is 0 Å². The molecule has 0 spiro atoms. The molecule has 12 heavy (non-hydrogen) atoms. The van der Waals surface area contributed by atoms with Gasteiger partial charge in [0.05, 0.1) is 0 Å². The Bertz CT molecular complexity index is 236. The smallest absolute Gasteiger partial charge is 0.211 e. The van der Waals surface area contributed by atoms with Crippen LogP contribution in [-0.2, 0) is 10.0 Å². The molecule has 1 aliphatic rings. The average molecular weight is 256 g/mol. The van der Waals surface area contributed by atoms with Crippen molar-refractivity contribution in [2.24, 2.45) is 5.92 Å². The van der Waals surface area contributed by atoms with Crippen molar-refractivity contribution in [2.75, 3.05) is 17.8 Å². The van der Waals surface area contributed by atoms with E-state index in [1.807, 2.05) is 6.92 Å². The third-order valence-electron chi connectivity index (χ3n) is 2.04. The normalized spacial score (nSPS) is 18.6. The summed E-state index contributed by atoms with van der Waals surface area (Å²) in [7, 11) is -3.02. The highest BCUT2D eigenvalue weighted by Gasteiger charge is 2.28. The third-order valence-corrected chi connectivity index (χ3v) is 5.25. The van der Waals surface area contributed by atoms with Crippen LogP contribution in [0.4, 0.5) is 0 Å². The second-order valence-corrected chi connectivity index (χ2v) is 6.39. The van der Waals surface area contributed by atoms with E-state index in [1.54, 1.807) is 4.31 Å². The molecule has 0 amide bonds. The minimum absolute atomic E-state index is 0.0422. The molecule has 0 atom stereocenters. The predicted molar refractivity (Wildman–Crippen MR) is 52.7 cm³/mol. The van der Waals surface area contributed by atoms with Crippen molar-refractivity contribution in [3.63, 3.8) is 0 Å². The lowest BCUT2D eigenvalue weighted by atomic mass is 10.4. The Morgan fingerprint density at radius 2 is 2.08 bits per heavy atom. The van der Waals surface area contributed by atoms with Gasteiger partial charge in [-0.2, -0.15) is 0 Å². The number of hydrogen-bond acceptors (Lipinski definition) is 2. The maximum absolute atomic E-state index is 11.4. The number of sulfonamides is 1. The van der Waals surface area contributed by atoms with Crippen LogP contribution in [0.5, 0.6) is 0 Å². The Morgan fingerprint density at radius 3 is 2.42 bits per heavy atom. The molecule has 0 aromatic heterocycles. The minimum atomic E-state index is -3.02. The zero-order valence-electron chi connectivity index (χ0n) is 7.16. The molecule has 1 rings (SSSR count). The summed E-state index contributed by atoms with van der Waals surface area (Å²) < 4.78 is 24.3. The highest BCUT2D eigenvalue weighted by Crippen LogP contribution is 2.30. The molecule has 1 fully saturated rings. The van der Waals surface area contributed by atoms with Gasteiger partial charge in [-0.3, -0.25) is 0 Å². The molecule has 0 radical (unpaired) electrons. The van der Waals surface area contributed by atoms with Gasteiger partial charge in [0, 0.05) is 13.1 Å². The van der Waals surface area contributed by atoms with Gasteiger partial charge in [0.15, 0.2) is 0 Å². The molecular formula is C7H14BrNO2S. The summed E-state index contributed by atoms with van der Waals surface area (Å²) in [6.45, 7) is 3.18. The Kier molecular flexibility index (Phi) is 3.55. The standard InChI is InChI=1S/C7H14BrNO2S/c1-2-9(5-7-3-4-7)12(10,11)6-8/h7H,2-6H2,1H3. The first-order valence-corrected chi connectivity index (χ1v) is 6.87. The summed E-state index contributed by atoms with van der Waals surface area (Å²) in [6, 6.07) is 0. The van der Waals surface area contributed by atoms with Gasteiger partial charge in [0.2, 0.25) is 10.0 Å². The van der Waals surface area contributed by atoms with E-state index in [9.17, 15) is 8.42 Å². The zero-order valence-corrected chi connectivity index (χ0v) is 9.57. The van der Waals surface area contributed by atoms with Crippen LogP contribution in [0.1, 0.15) is 19.8 Å². The molecule has 0 aromatic carbocycles. The second kappa shape index (κ2) is 4.07. The van der Waals surface area contributed by atoms with Gasteiger partial charge in [0.1, 0.15) is 4.66 Å². The molecule has 0 saturated heterocycles. The lowest BCUT2D eigenvalue weighted by Crippen LogP contribution is -2.33. The number of nitrogens with zero attached hydrogens (tertiary/aromatic N) is 1. The van der Waals surface area contributed by atoms with E-state index < -0.39 is 10.0 Å². The molecule has 0 unspecified atom stereocenters. The summed E-state index contributed by atoms with van der Waals surface area (Å²) in [5.41, 5.74) is 0. The van der Waals surface area contributed by atoms with E-state index in [2.05, 4.69) is 15.9 Å².